The third kappa shape index (κ3) is 3.11. The molecule has 0 aliphatic rings. The SMILES string of the molecule is Clc1ccc2nc(-c3cccnc3Sc3ccccc3)sc2c1. The predicted molar refractivity (Wildman–Crippen MR) is 98.4 cm³/mol. The maximum Gasteiger partial charge on any atom is 0.127 e. The monoisotopic (exact) mass is 354 g/mol. The van der Waals surface area contributed by atoms with Crippen molar-refractivity contribution in [2.45, 2.75) is 9.92 Å². The summed E-state index contributed by atoms with van der Waals surface area (Å²) in [7, 11) is 0. The zero-order valence-corrected chi connectivity index (χ0v) is 14.3. The van der Waals surface area contributed by atoms with Crippen LogP contribution in [0.4, 0.5) is 0 Å². The fraction of sp³-hybridized carbons (Fsp3) is 0. The number of halogens is 1. The quantitative estimate of drug-likeness (QED) is 0.440. The summed E-state index contributed by atoms with van der Waals surface area (Å²) >= 11 is 9.37. The minimum Gasteiger partial charge on any atom is -0.249 e. The Morgan fingerprint density at radius 2 is 1.83 bits per heavy atom. The van der Waals surface area contributed by atoms with Gasteiger partial charge in [-0.2, -0.15) is 0 Å². The number of aromatic nitrogens is 2. The van der Waals surface area contributed by atoms with Crippen LogP contribution in [0.2, 0.25) is 5.02 Å². The largest absolute Gasteiger partial charge is 0.249 e. The molecule has 23 heavy (non-hydrogen) atoms. The van der Waals surface area contributed by atoms with Crippen LogP contribution in [0.25, 0.3) is 20.8 Å². The number of nitrogens with zero attached hydrogens (tertiary/aromatic N) is 2. The van der Waals surface area contributed by atoms with Crippen molar-refractivity contribution in [3.63, 3.8) is 0 Å². The second-order valence-electron chi connectivity index (χ2n) is 4.90. The molecule has 0 saturated carbocycles. The molecule has 2 nitrogen and oxygen atoms in total. The molecular formula is C18H11ClN2S2. The smallest absolute Gasteiger partial charge is 0.127 e. The molecule has 0 bridgehead atoms. The molecule has 5 heteroatoms. The van der Waals surface area contributed by atoms with E-state index in [2.05, 4.69) is 23.2 Å². The second kappa shape index (κ2) is 6.32. The van der Waals surface area contributed by atoms with Gasteiger partial charge in [-0.1, -0.05) is 41.6 Å². The molecule has 4 aromatic rings. The minimum absolute atomic E-state index is 0.734. The molecule has 0 N–H and O–H groups in total. The van der Waals surface area contributed by atoms with E-state index in [4.69, 9.17) is 16.6 Å². The third-order valence-corrected chi connectivity index (χ3v) is 5.62. The Kier molecular flexibility index (Phi) is 4.04. The van der Waals surface area contributed by atoms with E-state index in [1.54, 1.807) is 23.1 Å². The van der Waals surface area contributed by atoms with E-state index in [1.807, 2.05) is 48.7 Å². The molecule has 0 spiro atoms. The van der Waals surface area contributed by atoms with Crippen LogP contribution in [0.3, 0.4) is 0 Å². The molecule has 0 aliphatic carbocycles. The molecule has 0 amide bonds. The van der Waals surface area contributed by atoms with Gasteiger partial charge in [0.15, 0.2) is 0 Å². The normalized spacial score (nSPS) is 11.0. The Bertz CT molecular complexity index is 967. The molecule has 2 aromatic carbocycles. The first-order valence-corrected chi connectivity index (χ1v) is 9.05. The summed E-state index contributed by atoms with van der Waals surface area (Å²) in [5, 5.41) is 2.66. The number of hydrogen-bond donors (Lipinski definition) is 0. The van der Waals surface area contributed by atoms with Crippen LogP contribution >= 0.6 is 34.7 Å². The highest BCUT2D eigenvalue weighted by Gasteiger charge is 2.12. The van der Waals surface area contributed by atoms with Crippen LogP contribution in [0, 0.1) is 0 Å². The molecule has 0 saturated heterocycles. The lowest BCUT2D eigenvalue weighted by Gasteiger charge is -2.05. The number of rotatable bonds is 3. The van der Waals surface area contributed by atoms with Crippen molar-refractivity contribution >= 4 is 44.9 Å². The maximum absolute atomic E-state index is 6.07. The van der Waals surface area contributed by atoms with Gasteiger partial charge in [-0.05, 0) is 42.5 Å². The van der Waals surface area contributed by atoms with Crippen molar-refractivity contribution in [3.8, 4) is 10.6 Å². The van der Waals surface area contributed by atoms with Crippen molar-refractivity contribution < 1.29 is 0 Å². The fourth-order valence-electron chi connectivity index (χ4n) is 2.25. The standard InChI is InChI=1S/C18H11ClN2S2/c19-12-8-9-15-16(11-12)23-18(21-15)14-7-4-10-20-17(14)22-13-5-2-1-3-6-13/h1-11H. The van der Waals surface area contributed by atoms with Crippen LogP contribution < -0.4 is 0 Å². The van der Waals surface area contributed by atoms with Crippen LogP contribution in [-0.2, 0) is 0 Å². The average Bonchev–Trinajstić information content (AvgIpc) is 2.99. The van der Waals surface area contributed by atoms with Gasteiger partial charge in [0.05, 0.1) is 10.2 Å². The number of pyridine rings is 1. The summed E-state index contributed by atoms with van der Waals surface area (Å²) in [4.78, 5) is 10.4. The topological polar surface area (TPSA) is 25.8 Å². The Morgan fingerprint density at radius 3 is 2.70 bits per heavy atom. The molecule has 2 heterocycles. The van der Waals surface area contributed by atoms with Crippen molar-refractivity contribution in [1.82, 2.24) is 9.97 Å². The van der Waals surface area contributed by atoms with E-state index in [-0.39, 0.29) is 0 Å². The summed E-state index contributed by atoms with van der Waals surface area (Å²) in [6, 6.07) is 20.0. The zero-order valence-electron chi connectivity index (χ0n) is 11.9. The molecular weight excluding hydrogens is 344 g/mol. The van der Waals surface area contributed by atoms with Crippen molar-refractivity contribution in [3.05, 3.63) is 71.9 Å². The number of fused-ring (bicyclic) bond motifs is 1. The first-order chi connectivity index (χ1) is 11.3. The lowest BCUT2D eigenvalue weighted by Crippen LogP contribution is -1.85. The van der Waals surface area contributed by atoms with Crippen molar-refractivity contribution in [1.29, 1.82) is 0 Å². The van der Waals surface area contributed by atoms with Gasteiger partial charge in [-0.25, -0.2) is 9.97 Å². The molecule has 0 atom stereocenters. The lowest BCUT2D eigenvalue weighted by molar-refractivity contribution is 1.13. The van der Waals surface area contributed by atoms with Crippen molar-refractivity contribution in [2.24, 2.45) is 0 Å². The summed E-state index contributed by atoms with van der Waals surface area (Å²) in [6.07, 6.45) is 1.82. The van der Waals surface area contributed by atoms with E-state index >= 15 is 0 Å². The van der Waals surface area contributed by atoms with E-state index in [9.17, 15) is 0 Å². The zero-order chi connectivity index (χ0) is 15.6. The van der Waals surface area contributed by atoms with Crippen LogP contribution in [0.15, 0.2) is 76.8 Å². The highest BCUT2D eigenvalue weighted by atomic mass is 35.5. The van der Waals surface area contributed by atoms with Gasteiger partial charge < -0.3 is 0 Å². The minimum atomic E-state index is 0.734. The first-order valence-electron chi connectivity index (χ1n) is 7.04. The Hall–Kier alpha value is -1.88. The van der Waals surface area contributed by atoms with Gasteiger partial charge in [-0.3, -0.25) is 0 Å². The summed E-state index contributed by atoms with van der Waals surface area (Å²) in [6.45, 7) is 0. The molecule has 0 unspecified atom stereocenters. The van der Waals surface area contributed by atoms with Gasteiger partial charge >= 0.3 is 0 Å². The van der Waals surface area contributed by atoms with E-state index < -0.39 is 0 Å². The lowest BCUT2D eigenvalue weighted by atomic mass is 10.3. The van der Waals surface area contributed by atoms with Gasteiger partial charge in [-0.15, -0.1) is 11.3 Å². The molecule has 4 rings (SSSR count). The van der Waals surface area contributed by atoms with Crippen LogP contribution in [0.5, 0.6) is 0 Å². The van der Waals surface area contributed by atoms with Gasteiger partial charge in [0.1, 0.15) is 10.0 Å². The molecule has 0 fully saturated rings. The summed E-state index contributed by atoms with van der Waals surface area (Å²) in [5.74, 6) is 0. The van der Waals surface area contributed by atoms with Crippen molar-refractivity contribution in [2.75, 3.05) is 0 Å². The Morgan fingerprint density at radius 1 is 0.957 bits per heavy atom. The predicted octanol–water partition coefficient (Wildman–Crippen LogP) is 6.16. The molecule has 0 aliphatic heterocycles. The molecule has 2 aromatic heterocycles. The molecule has 112 valence electrons. The summed E-state index contributed by atoms with van der Waals surface area (Å²) < 4.78 is 1.09. The Labute approximate surface area is 147 Å². The van der Waals surface area contributed by atoms with Gasteiger partial charge in [0, 0.05) is 21.7 Å². The first kappa shape index (κ1) is 14.7. The van der Waals surface area contributed by atoms with E-state index in [1.165, 1.54) is 0 Å². The highest BCUT2D eigenvalue weighted by molar-refractivity contribution is 7.99. The number of benzene rings is 2. The third-order valence-electron chi connectivity index (χ3n) is 3.31. The fourth-order valence-corrected chi connectivity index (χ4v) is 4.49. The number of thiazole rings is 1. The number of hydrogen-bond acceptors (Lipinski definition) is 4. The summed E-state index contributed by atoms with van der Waals surface area (Å²) in [5.41, 5.74) is 2.02. The van der Waals surface area contributed by atoms with E-state index in [0.717, 1.165) is 35.7 Å². The van der Waals surface area contributed by atoms with Gasteiger partial charge in [0.25, 0.3) is 0 Å². The van der Waals surface area contributed by atoms with Crippen LogP contribution in [0.1, 0.15) is 0 Å². The van der Waals surface area contributed by atoms with E-state index in [0.29, 0.717) is 0 Å². The average molecular weight is 355 g/mol. The second-order valence-corrected chi connectivity index (χ2v) is 7.43. The highest BCUT2D eigenvalue weighted by Crippen LogP contribution is 2.38. The molecule has 0 radical (unpaired) electrons. The van der Waals surface area contributed by atoms with Gasteiger partial charge in [0.2, 0.25) is 0 Å². The Balaban J connectivity index is 1.78. The van der Waals surface area contributed by atoms with Crippen LogP contribution in [-0.4, -0.2) is 9.97 Å². The maximum atomic E-state index is 6.07.